The molecule has 0 radical (unpaired) electrons. The Labute approximate surface area is 105 Å². The molecular formula is C10H14N2O5S. The molecule has 0 bridgehead atoms. The number of nitrogens with one attached hydrogen (secondary N) is 1. The smallest absolute Gasteiger partial charge is 0.337 e. The average Bonchev–Trinajstić information content (AvgIpc) is 2.26. The van der Waals surface area contributed by atoms with Crippen molar-refractivity contribution in [3.8, 4) is 0 Å². The van der Waals surface area contributed by atoms with Crippen LogP contribution in [0.15, 0.2) is 23.4 Å². The van der Waals surface area contributed by atoms with Crippen LogP contribution in [0.4, 0.5) is 0 Å². The fourth-order valence-corrected chi connectivity index (χ4v) is 2.14. The Hall–Kier alpha value is -1.51. The molecule has 1 aromatic rings. The zero-order valence-electron chi connectivity index (χ0n) is 9.91. The van der Waals surface area contributed by atoms with E-state index in [2.05, 4.69) is 9.71 Å². The van der Waals surface area contributed by atoms with Gasteiger partial charge in [-0.1, -0.05) is 0 Å². The number of sulfonamides is 1. The topological polar surface area (TPSA) is 117 Å². The van der Waals surface area contributed by atoms with Gasteiger partial charge in [0.25, 0.3) is 10.0 Å². The summed E-state index contributed by atoms with van der Waals surface area (Å²) in [5.74, 6) is -1.18. The molecule has 0 fully saturated rings. The molecule has 0 aliphatic rings. The number of nitrogens with zero attached hydrogens (tertiary/aromatic N) is 1. The number of rotatable bonds is 5. The van der Waals surface area contributed by atoms with Crippen molar-refractivity contribution in [2.45, 2.75) is 24.5 Å². The summed E-state index contributed by atoms with van der Waals surface area (Å²) < 4.78 is 25.6. The number of hydrogen-bond acceptors (Lipinski definition) is 5. The van der Waals surface area contributed by atoms with Crippen LogP contribution in [0.5, 0.6) is 0 Å². The van der Waals surface area contributed by atoms with Crippen LogP contribution in [-0.4, -0.2) is 41.7 Å². The first-order valence-electron chi connectivity index (χ1n) is 5.03. The predicted octanol–water partition coefficient (Wildman–Crippen LogP) is -0.171. The maximum absolute atomic E-state index is 11.7. The number of aromatic nitrogens is 1. The summed E-state index contributed by atoms with van der Waals surface area (Å²) in [6.45, 7) is 2.74. The van der Waals surface area contributed by atoms with E-state index in [4.69, 9.17) is 5.11 Å². The van der Waals surface area contributed by atoms with Gasteiger partial charge in [0.15, 0.2) is 5.03 Å². The molecule has 1 aromatic heterocycles. The third-order valence-electron chi connectivity index (χ3n) is 1.95. The highest BCUT2D eigenvalue weighted by Crippen LogP contribution is 2.08. The lowest BCUT2D eigenvalue weighted by Crippen LogP contribution is -2.38. The zero-order valence-corrected chi connectivity index (χ0v) is 10.7. The molecule has 0 spiro atoms. The number of carboxylic acid groups (broad SMARTS) is 1. The summed E-state index contributed by atoms with van der Waals surface area (Å²) >= 11 is 0. The normalized spacial score (nSPS) is 12.4. The van der Waals surface area contributed by atoms with E-state index >= 15 is 0 Å². The van der Waals surface area contributed by atoms with Crippen LogP contribution >= 0.6 is 0 Å². The molecule has 1 rings (SSSR count). The minimum Gasteiger partial charge on any atom is -0.478 e. The van der Waals surface area contributed by atoms with Gasteiger partial charge in [-0.25, -0.2) is 22.9 Å². The van der Waals surface area contributed by atoms with Crippen molar-refractivity contribution >= 4 is 16.0 Å². The van der Waals surface area contributed by atoms with Crippen molar-refractivity contribution in [1.82, 2.24) is 9.71 Å². The van der Waals surface area contributed by atoms with E-state index in [1.165, 1.54) is 13.8 Å². The molecular weight excluding hydrogens is 260 g/mol. The summed E-state index contributed by atoms with van der Waals surface area (Å²) in [6.07, 6.45) is 0.959. The van der Waals surface area contributed by atoms with Gasteiger partial charge in [-0.15, -0.1) is 0 Å². The summed E-state index contributed by atoms with van der Waals surface area (Å²) in [4.78, 5) is 14.1. The van der Waals surface area contributed by atoms with Crippen LogP contribution < -0.4 is 4.72 Å². The first-order chi connectivity index (χ1) is 8.12. The van der Waals surface area contributed by atoms with Gasteiger partial charge in [-0.3, -0.25) is 0 Å². The van der Waals surface area contributed by atoms with Gasteiger partial charge < -0.3 is 10.2 Å². The average molecular weight is 274 g/mol. The maximum atomic E-state index is 11.7. The molecule has 8 heteroatoms. The highest BCUT2D eigenvalue weighted by molar-refractivity contribution is 7.89. The maximum Gasteiger partial charge on any atom is 0.337 e. The van der Waals surface area contributed by atoms with E-state index in [1.807, 2.05) is 0 Å². The van der Waals surface area contributed by atoms with Gasteiger partial charge in [0.2, 0.25) is 0 Å². The molecule has 100 valence electrons. The van der Waals surface area contributed by atoms with Crippen LogP contribution in [-0.2, 0) is 10.0 Å². The van der Waals surface area contributed by atoms with Crippen LogP contribution in [0.2, 0.25) is 0 Å². The predicted molar refractivity (Wildman–Crippen MR) is 62.7 cm³/mol. The van der Waals surface area contributed by atoms with E-state index in [0.717, 1.165) is 18.3 Å². The van der Waals surface area contributed by atoms with Crippen molar-refractivity contribution in [2.75, 3.05) is 6.54 Å². The van der Waals surface area contributed by atoms with Crippen LogP contribution in [0, 0.1) is 0 Å². The van der Waals surface area contributed by atoms with Gasteiger partial charge in [0, 0.05) is 12.7 Å². The van der Waals surface area contributed by atoms with Gasteiger partial charge in [-0.05, 0) is 26.0 Å². The highest BCUT2D eigenvalue weighted by Gasteiger charge is 2.20. The number of pyridine rings is 1. The van der Waals surface area contributed by atoms with Crippen LogP contribution in [0.25, 0.3) is 0 Å². The van der Waals surface area contributed by atoms with Crippen LogP contribution in [0.3, 0.4) is 0 Å². The molecule has 0 saturated heterocycles. The molecule has 0 aromatic carbocycles. The zero-order chi connectivity index (χ0) is 14.0. The van der Waals surface area contributed by atoms with E-state index in [1.54, 1.807) is 0 Å². The third-order valence-corrected chi connectivity index (χ3v) is 3.27. The van der Waals surface area contributed by atoms with Crippen LogP contribution in [0.1, 0.15) is 24.2 Å². The van der Waals surface area contributed by atoms with Crippen molar-refractivity contribution in [3.05, 3.63) is 23.9 Å². The lowest BCUT2D eigenvalue weighted by atomic mass is 10.1. The summed E-state index contributed by atoms with van der Waals surface area (Å²) in [7, 11) is -3.85. The molecule has 0 aliphatic heterocycles. The van der Waals surface area contributed by atoms with Crippen molar-refractivity contribution in [3.63, 3.8) is 0 Å². The molecule has 3 N–H and O–H groups in total. The molecule has 1 heterocycles. The second-order valence-corrected chi connectivity index (χ2v) is 6.04. The fraction of sp³-hybridized carbons (Fsp3) is 0.400. The summed E-state index contributed by atoms with van der Waals surface area (Å²) in [6, 6.07) is 2.24. The van der Waals surface area contributed by atoms with E-state index in [9.17, 15) is 18.3 Å². The van der Waals surface area contributed by atoms with Crippen molar-refractivity contribution in [2.24, 2.45) is 0 Å². The number of aromatic carboxylic acids is 1. The Morgan fingerprint density at radius 2 is 2.06 bits per heavy atom. The van der Waals surface area contributed by atoms with E-state index in [-0.39, 0.29) is 17.1 Å². The quantitative estimate of drug-likeness (QED) is 0.686. The Kier molecular flexibility index (Phi) is 4.05. The minimum absolute atomic E-state index is 0.101. The molecule has 0 atom stereocenters. The molecule has 0 amide bonds. The van der Waals surface area contributed by atoms with E-state index in [0.29, 0.717) is 0 Å². The van der Waals surface area contributed by atoms with Gasteiger partial charge in [-0.2, -0.15) is 0 Å². The number of carbonyl (C=O) groups is 1. The molecule has 7 nitrogen and oxygen atoms in total. The first kappa shape index (κ1) is 14.6. The largest absolute Gasteiger partial charge is 0.478 e. The van der Waals surface area contributed by atoms with E-state index < -0.39 is 21.6 Å². The lowest BCUT2D eigenvalue weighted by Gasteiger charge is -2.17. The fourth-order valence-electron chi connectivity index (χ4n) is 1.01. The van der Waals surface area contributed by atoms with Gasteiger partial charge >= 0.3 is 5.97 Å². The number of aliphatic hydroxyl groups is 1. The number of carboxylic acids is 1. The second kappa shape index (κ2) is 5.01. The third kappa shape index (κ3) is 4.06. The second-order valence-electron chi connectivity index (χ2n) is 4.33. The minimum atomic E-state index is -3.85. The molecule has 0 unspecified atom stereocenters. The standard InChI is InChI=1S/C10H14N2O5S/c1-10(2,15)6-12-18(16,17)8-4-3-7(5-11-8)9(13)14/h3-5,12,15H,6H2,1-2H3,(H,13,14). The van der Waals surface area contributed by atoms with Crippen molar-refractivity contribution < 1.29 is 23.4 Å². The molecule has 0 saturated carbocycles. The Morgan fingerprint density at radius 1 is 1.44 bits per heavy atom. The lowest BCUT2D eigenvalue weighted by molar-refractivity contribution is 0.0696. The van der Waals surface area contributed by atoms with Gasteiger partial charge in [0.05, 0.1) is 11.2 Å². The van der Waals surface area contributed by atoms with Gasteiger partial charge in [0.1, 0.15) is 0 Å². The van der Waals surface area contributed by atoms with Crippen molar-refractivity contribution in [1.29, 1.82) is 0 Å². The first-order valence-corrected chi connectivity index (χ1v) is 6.51. The Morgan fingerprint density at radius 3 is 2.44 bits per heavy atom. The monoisotopic (exact) mass is 274 g/mol. The SMILES string of the molecule is CC(C)(O)CNS(=O)(=O)c1ccc(C(=O)O)cn1. The highest BCUT2D eigenvalue weighted by atomic mass is 32.2. The number of hydrogen-bond donors (Lipinski definition) is 3. The molecule has 18 heavy (non-hydrogen) atoms. The summed E-state index contributed by atoms with van der Waals surface area (Å²) in [5, 5.41) is 17.8. The Balaban J connectivity index is 2.89. The Bertz CT molecular complexity index is 530. The molecule has 0 aliphatic carbocycles. The summed E-state index contributed by atoms with van der Waals surface area (Å²) in [5.41, 5.74) is -1.29.